The molecule has 0 bridgehead atoms. The second-order valence-electron chi connectivity index (χ2n) is 4.96. The van der Waals surface area contributed by atoms with Crippen molar-refractivity contribution >= 4 is 45.7 Å². The van der Waals surface area contributed by atoms with Crippen molar-refractivity contribution in [3.63, 3.8) is 0 Å². The molecule has 2 aromatic rings. The van der Waals surface area contributed by atoms with Crippen LogP contribution >= 0.6 is 15.9 Å². The van der Waals surface area contributed by atoms with Gasteiger partial charge in [0.1, 0.15) is 0 Å². The van der Waals surface area contributed by atoms with E-state index in [1.54, 1.807) is 0 Å². The summed E-state index contributed by atoms with van der Waals surface area (Å²) in [7, 11) is 0. The van der Waals surface area contributed by atoms with Crippen LogP contribution in [0.5, 0.6) is 0 Å². The van der Waals surface area contributed by atoms with E-state index < -0.39 is 0 Å². The van der Waals surface area contributed by atoms with Gasteiger partial charge in [-0.1, -0.05) is 81.7 Å². The fourth-order valence-electron chi connectivity index (χ4n) is 2.64. The fourth-order valence-corrected chi connectivity index (χ4v) is 3.02. The predicted molar refractivity (Wildman–Crippen MR) is 85.1 cm³/mol. The predicted octanol–water partition coefficient (Wildman–Crippen LogP) is 3.48. The van der Waals surface area contributed by atoms with Crippen LogP contribution in [0.2, 0.25) is 6.82 Å². The quantitative estimate of drug-likeness (QED) is 0.653. The molecule has 1 aliphatic rings. The van der Waals surface area contributed by atoms with Crippen LogP contribution in [0.15, 0.2) is 40.9 Å². The van der Waals surface area contributed by atoms with Gasteiger partial charge in [-0.25, -0.2) is 0 Å². The van der Waals surface area contributed by atoms with Gasteiger partial charge in [0.05, 0.1) is 0 Å². The Morgan fingerprint density at radius 1 is 0.889 bits per heavy atom. The topological polar surface area (TPSA) is 0 Å². The summed E-state index contributed by atoms with van der Waals surface area (Å²) < 4.78 is 1.15. The summed E-state index contributed by atoms with van der Waals surface area (Å²) in [6.07, 6.45) is 4.45. The number of hydrogen-bond acceptors (Lipinski definition) is 0. The van der Waals surface area contributed by atoms with E-state index in [9.17, 15) is 0 Å². The standard InChI is InChI=1S/C16H14BBr/c1-11-3-4-12-5-6-13-7-8-14(18)10-16(13)17(2)15(12)9-11/h3-10H,1-2H3. The molecule has 0 N–H and O–H groups in total. The van der Waals surface area contributed by atoms with Crippen LogP contribution in [0.4, 0.5) is 0 Å². The number of halogens is 1. The Labute approximate surface area is 117 Å². The van der Waals surface area contributed by atoms with Crippen molar-refractivity contribution in [2.45, 2.75) is 13.7 Å². The molecule has 0 amide bonds. The van der Waals surface area contributed by atoms with Gasteiger partial charge < -0.3 is 0 Å². The minimum absolute atomic E-state index is 0.433. The first-order valence-electron chi connectivity index (χ1n) is 6.23. The lowest BCUT2D eigenvalue weighted by Crippen LogP contribution is -2.41. The van der Waals surface area contributed by atoms with Crippen molar-refractivity contribution in [2.24, 2.45) is 0 Å². The molecular weight excluding hydrogens is 283 g/mol. The van der Waals surface area contributed by atoms with E-state index in [1.807, 2.05) is 0 Å². The van der Waals surface area contributed by atoms with Crippen LogP contribution in [0.25, 0.3) is 12.2 Å². The molecule has 1 heterocycles. The van der Waals surface area contributed by atoms with Crippen LogP contribution < -0.4 is 10.9 Å². The summed E-state index contributed by atoms with van der Waals surface area (Å²) in [5.74, 6) is 0. The average Bonchev–Trinajstić information content (AvgIpc) is 2.49. The van der Waals surface area contributed by atoms with Crippen LogP contribution in [-0.4, -0.2) is 6.71 Å². The second kappa shape index (κ2) is 4.44. The molecule has 0 radical (unpaired) electrons. The van der Waals surface area contributed by atoms with Gasteiger partial charge in [0.25, 0.3) is 0 Å². The monoisotopic (exact) mass is 296 g/mol. The van der Waals surface area contributed by atoms with E-state index in [0.29, 0.717) is 6.71 Å². The van der Waals surface area contributed by atoms with E-state index in [1.165, 1.54) is 27.6 Å². The third kappa shape index (κ3) is 1.95. The van der Waals surface area contributed by atoms with Gasteiger partial charge in [-0.15, -0.1) is 0 Å². The Kier molecular flexibility index (Phi) is 2.91. The van der Waals surface area contributed by atoms with Crippen molar-refractivity contribution in [3.05, 3.63) is 57.6 Å². The largest absolute Gasteiger partial charge is 0.207 e. The molecule has 2 heteroatoms. The Morgan fingerprint density at radius 2 is 1.50 bits per heavy atom. The Hall–Kier alpha value is -1.28. The molecule has 0 spiro atoms. The highest BCUT2D eigenvalue weighted by Gasteiger charge is 2.20. The lowest BCUT2D eigenvalue weighted by molar-refractivity contribution is 1.48. The normalized spacial score (nSPS) is 12.9. The molecule has 0 saturated heterocycles. The van der Waals surface area contributed by atoms with Gasteiger partial charge >= 0.3 is 0 Å². The van der Waals surface area contributed by atoms with E-state index in [0.717, 1.165) is 4.47 Å². The zero-order chi connectivity index (χ0) is 12.7. The maximum absolute atomic E-state index is 3.57. The van der Waals surface area contributed by atoms with E-state index in [2.05, 4.69) is 78.2 Å². The molecule has 2 aromatic carbocycles. The fraction of sp³-hybridized carbons (Fsp3) is 0.125. The lowest BCUT2D eigenvalue weighted by atomic mass is 9.41. The van der Waals surface area contributed by atoms with Crippen molar-refractivity contribution in [3.8, 4) is 0 Å². The summed E-state index contributed by atoms with van der Waals surface area (Å²) in [4.78, 5) is 0. The van der Waals surface area contributed by atoms with Crippen LogP contribution in [0.3, 0.4) is 0 Å². The van der Waals surface area contributed by atoms with Gasteiger partial charge in [-0.05, 0) is 24.1 Å². The molecule has 18 heavy (non-hydrogen) atoms. The number of rotatable bonds is 0. The molecule has 0 aromatic heterocycles. The molecule has 0 aliphatic carbocycles. The maximum atomic E-state index is 3.57. The minimum atomic E-state index is 0.433. The lowest BCUT2D eigenvalue weighted by Gasteiger charge is -2.13. The first-order chi connectivity index (χ1) is 8.65. The Bertz CT molecular complexity index is 588. The number of aryl methyl sites for hydroxylation is 1. The zero-order valence-electron chi connectivity index (χ0n) is 10.6. The number of benzene rings is 2. The summed E-state index contributed by atoms with van der Waals surface area (Å²) in [5, 5.41) is 0. The minimum Gasteiger partial charge on any atom is -0.0774 e. The number of fused-ring (bicyclic) bond motifs is 2. The van der Waals surface area contributed by atoms with Gasteiger partial charge in [0, 0.05) is 4.47 Å². The highest BCUT2D eigenvalue weighted by Crippen LogP contribution is 2.16. The van der Waals surface area contributed by atoms with E-state index >= 15 is 0 Å². The molecule has 1 aliphatic heterocycles. The van der Waals surface area contributed by atoms with Gasteiger partial charge in [0.2, 0.25) is 6.71 Å². The highest BCUT2D eigenvalue weighted by molar-refractivity contribution is 9.10. The highest BCUT2D eigenvalue weighted by atomic mass is 79.9. The van der Waals surface area contributed by atoms with Crippen molar-refractivity contribution in [1.82, 2.24) is 0 Å². The smallest absolute Gasteiger partial charge is 0.0774 e. The van der Waals surface area contributed by atoms with Crippen LogP contribution in [0, 0.1) is 6.92 Å². The molecule has 88 valence electrons. The van der Waals surface area contributed by atoms with Crippen molar-refractivity contribution in [1.29, 1.82) is 0 Å². The van der Waals surface area contributed by atoms with Crippen LogP contribution in [0.1, 0.15) is 16.7 Å². The first-order valence-corrected chi connectivity index (χ1v) is 7.02. The third-order valence-electron chi connectivity index (χ3n) is 3.67. The Morgan fingerprint density at radius 3 is 2.22 bits per heavy atom. The van der Waals surface area contributed by atoms with Gasteiger partial charge in [0.15, 0.2) is 0 Å². The molecule has 0 unspecified atom stereocenters. The van der Waals surface area contributed by atoms with E-state index in [4.69, 9.17) is 0 Å². The SMILES string of the molecule is CB1c2cc(C)ccc2C=Cc2ccc(Br)cc21. The Balaban J connectivity index is 2.25. The third-order valence-corrected chi connectivity index (χ3v) is 4.16. The van der Waals surface area contributed by atoms with Crippen LogP contribution in [-0.2, 0) is 0 Å². The first kappa shape index (κ1) is 11.8. The summed E-state index contributed by atoms with van der Waals surface area (Å²) in [6, 6.07) is 13.2. The molecule has 0 nitrogen and oxygen atoms in total. The van der Waals surface area contributed by atoms with Gasteiger partial charge in [-0.2, -0.15) is 0 Å². The summed E-state index contributed by atoms with van der Waals surface area (Å²) in [5.41, 5.74) is 6.79. The summed E-state index contributed by atoms with van der Waals surface area (Å²) >= 11 is 3.57. The average molecular weight is 297 g/mol. The van der Waals surface area contributed by atoms with E-state index in [-0.39, 0.29) is 0 Å². The molecular formula is C16H14BBr. The number of hydrogen-bond donors (Lipinski definition) is 0. The molecule has 0 atom stereocenters. The maximum Gasteiger partial charge on any atom is 0.207 e. The molecule has 0 fully saturated rings. The van der Waals surface area contributed by atoms with Crippen molar-refractivity contribution < 1.29 is 0 Å². The summed E-state index contributed by atoms with van der Waals surface area (Å²) in [6.45, 7) is 4.88. The van der Waals surface area contributed by atoms with Gasteiger partial charge in [-0.3, -0.25) is 0 Å². The van der Waals surface area contributed by atoms with Crippen molar-refractivity contribution in [2.75, 3.05) is 0 Å². The zero-order valence-corrected chi connectivity index (χ0v) is 12.2. The second-order valence-corrected chi connectivity index (χ2v) is 5.88. The molecule has 3 rings (SSSR count). The molecule has 0 saturated carbocycles.